The number of nitro groups is 1. The first-order valence-electron chi connectivity index (χ1n) is 6.20. The van der Waals surface area contributed by atoms with Crippen LogP contribution in [0.2, 0.25) is 0 Å². The number of benzene rings is 2. The van der Waals surface area contributed by atoms with E-state index in [1.54, 1.807) is 30.3 Å². The normalized spacial score (nSPS) is 10.0. The highest BCUT2D eigenvalue weighted by atomic mass is 16.6. The summed E-state index contributed by atoms with van der Waals surface area (Å²) in [5, 5.41) is 11.0. The zero-order valence-electron chi connectivity index (χ0n) is 12.0. The van der Waals surface area contributed by atoms with Crippen molar-refractivity contribution in [2.75, 3.05) is 14.2 Å². The van der Waals surface area contributed by atoms with E-state index >= 15 is 0 Å². The summed E-state index contributed by atoms with van der Waals surface area (Å²) in [6, 6.07) is 9.66. The minimum atomic E-state index is -0.477. The van der Waals surface area contributed by atoms with Crippen LogP contribution in [0.25, 0.3) is 0 Å². The van der Waals surface area contributed by atoms with E-state index in [9.17, 15) is 10.1 Å². The summed E-state index contributed by atoms with van der Waals surface area (Å²) >= 11 is 0. The molecule has 0 N–H and O–H groups in total. The van der Waals surface area contributed by atoms with E-state index in [1.165, 1.54) is 20.3 Å². The van der Waals surface area contributed by atoms with Crippen LogP contribution in [0.4, 0.5) is 5.69 Å². The first-order chi connectivity index (χ1) is 10.0. The predicted molar refractivity (Wildman–Crippen MR) is 77.5 cm³/mol. The number of nitrogens with zero attached hydrogens (tertiary/aromatic N) is 1. The second-order valence-electron chi connectivity index (χ2n) is 4.35. The standard InChI is InChI=1S/C15H15NO5/c1-10-4-6-12(16(17)18)14(8-10)21-11-5-7-13(19-2)15(9-11)20-3/h4-9H,1-3H3. The van der Waals surface area contributed by atoms with Crippen LogP contribution in [0.3, 0.4) is 0 Å². The monoisotopic (exact) mass is 289 g/mol. The molecule has 2 aromatic carbocycles. The third kappa shape index (κ3) is 3.22. The van der Waals surface area contributed by atoms with Gasteiger partial charge in [0.2, 0.25) is 5.75 Å². The summed E-state index contributed by atoms with van der Waals surface area (Å²) in [6.45, 7) is 1.84. The minimum absolute atomic E-state index is 0.0876. The third-order valence-corrected chi connectivity index (χ3v) is 2.89. The molecule has 0 aliphatic heterocycles. The molecule has 0 atom stereocenters. The van der Waals surface area contributed by atoms with E-state index in [4.69, 9.17) is 14.2 Å². The fraction of sp³-hybridized carbons (Fsp3) is 0.200. The topological polar surface area (TPSA) is 70.8 Å². The molecule has 0 aliphatic rings. The molecule has 0 amide bonds. The molecule has 0 aromatic heterocycles. The minimum Gasteiger partial charge on any atom is -0.493 e. The van der Waals surface area contributed by atoms with Crippen LogP contribution in [0, 0.1) is 17.0 Å². The Morgan fingerprint density at radius 3 is 2.29 bits per heavy atom. The van der Waals surface area contributed by atoms with Crippen LogP contribution in [-0.4, -0.2) is 19.1 Å². The Morgan fingerprint density at radius 2 is 1.67 bits per heavy atom. The van der Waals surface area contributed by atoms with Gasteiger partial charge in [-0.2, -0.15) is 0 Å². The second-order valence-corrected chi connectivity index (χ2v) is 4.35. The van der Waals surface area contributed by atoms with Crippen LogP contribution in [0.15, 0.2) is 36.4 Å². The molecule has 0 aliphatic carbocycles. The summed E-state index contributed by atoms with van der Waals surface area (Å²) in [5.41, 5.74) is 0.784. The molecule has 0 spiro atoms. The molecule has 0 heterocycles. The van der Waals surface area contributed by atoms with Crippen LogP contribution in [-0.2, 0) is 0 Å². The lowest BCUT2D eigenvalue weighted by Gasteiger charge is -2.11. The Bertz CT molecular complexity index is 669. The van der Waals surface area contributed by atoms with Crippen molar-refractivity contribution in [1.29, 1.82) is 0 Å². The van der Waals surface area contributed by atoms with Gasteiger partial charge in [0.15, 0.2) is 11.5 Å². The molecule has 21 heavy (non-hydrogen) atoms. The van der Waals surface area contributed by atoms with Crippen LogP contribution in [0.5, 0.6) is 23.0 Å². The third-order valence-electron chi connectivity index (χ3n) is 2.89. The van der Waals surface area contributed by atoms with Gasteiger partial charge in [0, 0.05) is 12.1 Å². The first kappa shape index (κ1) is 14.6. The number of hydrogen-bond acceptors (Lipinski definition) is 5. The summed E-state index contributed by atoms with van der Waals surface area (Å²) in [7, 11) is 3.04. The van der Waals surface area contributed by atoms with Gasteiger partial charge in [-0.05, 0) is 30.7 Å². The summed E-state index contributed by atoms with van der Waals surface area (Å²) < 4.78 is 15.9. The fourth-order valence-electron chi connectivity index (χ4n) is 1.86. The molecule has 0 saturated carbocycles. The smallest absolute Gasteiger partial charge is 0.311 e. The molecule has 0 radical (unpaired) electrons. The molecule has 0 unspecified atom stereocenters. The largest absolute Gasteiger partial charge is 0.493 e. The summed E-state index contributed by atoms with van der Waals surface area (Å²) in [4.78, 5) is 10.6. The van der Waals surface area contributed by atoms with Gasteiger partial charge in [0.25, 0.3) is 0 Å². The van der Waals surface area contributed by atoms with Crippen molar-refractivity contribution in [2.24, 2.45) is 0 Å². The molecular formula is C15H15NO5. The first-order valence-corrected chi connectivity index (χ1v) is 6.20. The van der Waals surface area contributed by atoms with Gasteiger partial charge < -0.3 is 14.2 Å². The zero-order valence-corrected chi connectivity index (χ0v) is 12.0. The van der Waals surface area contributed by atoms with Gasteiger partial charge in [-0.1, -0.05) is 6.07 Å². The molecule has 0 fully saturated rings. The second kappa shape index (κ2) is 6.13. The van der Waals surface area contributed by atoms with Crippen molar-refractivity contribution < 1.29 is 19.1 Å². The highest BCUT2D eigenvalue weighted by Crippen LogP contribution is 2.36. The van der Waals surface area contributed by atoms with E-state index in [0.29, 0.717) is 17.2 Å². The van der Waals surface area contributed by atoms with Crippen LogP contribution in [0.1, 0.15) is 5.56 Å². The Hall–Kier alpha value is -2.76. The van der Waals surface area contributed by atoms with Crippen LogP contribution >= 0.6 is 0 Å². The summed E-state index contributed by atoms with van der Waals surface area (Å²) in [5.74, 6) is 1.67. The maximum absolute atomic E-state index is 11.0. The van der Waals surface area contributed by atoms with E-state index in [0.717, 1.165) is 5.56 Å². The molecule has 6 nitrogen and oxygen atoms in total. The molecular weight excluding hydrogens is 274 g/mol. The number of methoxy groups -OCH3 is 2. The maximum atomic E-state index is 11.0. The molecule has 2 rings (SSSR count). The Labute approximate surface area is 122 Å². The number of aryl methyl sites for hydroxylation is 1. The molecule has 110 valence electrons. The Balaban J connectivity index is 2.38. The average molecular weight is 289 g/mol. The van der Waals surface area contributed by atoms with Gasteiger partial charge in [0.1, 0.15) is 5.75 Å². The molecule has 6 heteroatoms. The van der Waals surface area contributed by atoms with Crippen molar-refractivity contribution in [3.8, 4) is 23.0 Å². The average Bonchev–Trinajstić information content (AvgIpc) is 2.46. The highest BCUT2D eigenvalue weighted by Gasteiger charge is 2.16. The zero-order chi connectivity index (χ0) is 15.4. The number of hydrogen-bond donors (Lipinski definition) is 0. The van der Waals surface area contributed by atoms with Crippen molar-refractivity contribution in [3.63, 3.8) is 0 Å². The van der Waals surface area contributed by atoms with Gasteiger partial charge >= 0.3 is 5.69 Å². The lowest BCUT2D eigenvalue weighted by Crippen LogP contribution is -1.95. The molecule has 0 bridgehead atoms. The SMILES string of the molecule is COc1ccc(Oc2cc(C)ccc2[N+](=O)[O-])cc1OC. The fourth-order valence-corrected chi connectivity index (χ4v) is 1.86. The van der Waals surface area contributed by atoms with Crippen molar-refractivity contribution in [1.82, 2.24) is 0 Å². The molecule has 2 aromatic rings. The number of nitro benzene ring substituents is 1. The highest BCUT2D eigenvalue weighted by molar-refractivity contribution is 5.52. The Morgan fingerprint density at radius 1 is 0.952 bits per heavy atom. The van der Waals surface area contributed by atoms with E-state index in [1.807, 2.05) is 6.92 Å². The quantitative estimate of drug-likeness (QED) is 0.619. The Kier molecular flexibility index (Phi) is 4.27. The van der Waals surface area contributed by atoms with Crippen molar-refractivity contribution in [2.45, 2.75) is 6.92 Å². The lowest BCUT2D eigenvalue weighted by molar-refractivity contribution is -0.385. The maximum Gasteiger partial charge on any atom is 0.311 e. The van der Waals surface area contributed by atoms with E-state index in [-0.39, 0.29) is 11.4 Å². The summed E-state index contributed by atoms with van der Waals surface area (Å²) in [6.07, 6.45) is 0. The van der Waals surface area contributed by atoms with Gasteiger partial charge in [-0.3, -0.25) is 10.1 Å². The van der Waals surface area contributed by atoms with Crippen LogP contribution < -0.4 is 14.2 Å². The van der Waals surface area contributed by atoms with Gasteiger partial charge in [0.05, 0.1) is 19.1 Å². The lowest BCUT2D eigenvalue weighted by atomic mass is 10.2. The van der Waals surface area contributed by atoms with Gasteiger partial charge in [-0.15, -0.1) is 0 Å². The number of rotatable bonds is 5. The van der Waals surface area contributed by atoms with Crippen molar-refractivity contribution in [3.05, 3.63) is 52.1 Å². The number of ether oxygens (including phenoxy) is 3. The van der Waals surface area contributed by atoms with E-state index in [2.05, 4.69) is 0 Å². The molecule has 0 saturated heterocycles. The van der Waals surface area contributed by atoms with E-state index < -0.39 is 4.92 Å². The van der Waals surface area contributed by atoms with Crippen molar-refractivity contribution >= 4 is 5.69 Å². The predicted octanol–water partition coefficient (Wildman–Crippen LogP) is 3.71. The van der Waals surface area contributed by atoms with Gasteiger partial charge in [-0.25, -0.2) is 0 Å².